The molecule has 3 aromatic carbocycles. The molecule has 150 valence electrons. The maximum absolute atomic E-state index is 13.7. The van der Waals surface area contributed by atoms with E-state index in [2.05, 4.69) is 15.6 Å². The van der Waals surface area contributed by atoms with Gasteiger partial charge in [-0.05, 0) is 66.8 Å². The number of nitrogens with one attached hydrogen (secondary N) is 2. The number of benzene rings is 3. The standard InChI is InChI=1S/C22H16FN3O3S/c1-28-15-9-6-13(7-10-15)21-25-18-12-14(8-11-19(18)29-21)24-22(30)26-20(27)16-4-2-3-5-17(16)23/h2-12H,1H3,(H2,24,26,27,30). The first-order valence-corrected chi connectivity index (χ1v) is 9.36. The van der Waals surface area contributed by atoms with E-state index in [4.69, 9.17) is 21.4 Å². The molecule has 2 N–H and O–H groups in total. The second-order valence-electron chi connectivity index (χ2n) is 6.32. The number of aromatic nitrogens is 1. The van der Waals surface area contributed by atoms with Crippen molar-refractivity contribution in [3.05, 3.63) is 78.1 Å². The van der Waals surface area contributed by atoms with Gasteiger partial charge in [-0.1, -0.05) is 12.1 Å². The van der Waals surface area contributed by atoms with Gasteiger partial charge in [0.05, 0.1) is 12.7 Å². The van der Waals surface area contributed by atoms with Crippen LogP contribution in [0.5, 0.6) is 5.75 Å². The summed E-state index contributed by atoms with van der Waals surface area (Å²) in [6.45, 7) is 0. The highest BCUT2D eigenvalue weighted by Gasteiger charge is 2.13. The molecule has 1 heterocycles. The van der Waals surface area contributed by atoms with E-state index in [0.717, 1.165) is 11.3 Å². The SMILES string of the molecule is COc1ccc(-c2nc3cc(NC(=S)NC(=O)c4ccccc4F)ccc3o2)cc1. The number of thiocarbonyl (C=S) groups is 1. The third-order valence-electron chi connectivity index (χ3n) is 4.33. The number of hydrogen-bond acceptors (Lipinski definition) is 5. The molecule has 0 aliphatic rings. The molecule has 0 aliphatic carbocycles. The van der Waals surface area contributed by atoms with Crippen LogP contribution in [0.25, 0.3) is 22.6 Å². The Morgan fingerprint density at radius 2 is 1.87 bits per heavy atom. The van der Waals surface area contributed by atoms with Crippen LogP contribution in [-0.4, -0.2) is 23.1 Å². The first-order chi connectivity index (χ1) is 14.5. The number of nitrogens with zero attached hydrogens (tertiary/aromatic N) is 1. The van der Waals surface area contributed by atoms with E-state index in [1.165, 1.54) is 18.2 Å². The first-order valence-electron chi connectivity index (χ1n) is 8.95. The number of carbonyl (C=O) groups is 1. The predicted octanol–water partition coefficient (Wildman–Crippen LogP) is 4.77. The molecule has 1 amide bonds. The highest BCUT2D eigenvalue weighted by atomic mass is 32.1. The van der Waals surface area contributed by atoms with Crippen LogP contribution in [0.1, 0.15) is 10.4 Å². The minimum absolute atomic E-state index is 0.0430. The van der Waals surface area contributed by atoms with Crippen molar-refractivity contribution in [2.45, 2.75) is 0 Å². The van der Waals surface area contributed by atoms with E-state index >= 15 is 0 Å². The van der Waals surface area contributed by atoms with E-state index in [-0.39, 0.29) is 10.7 Å². The number of methoxy groups -OCH3 is 1. The summed E-state index contributed by atoms with van der Waals surface area (Å²) < 4.78 is 24.7. The van der Waals surface area contributed by atoms with Gasteiger partial charge in [0.2, 0.25) is 5.89 Å². The second-order valence-corrected chi connectivity index (χ2v) is 6.73. The fraction of sp³-hybridized carbons (Fsp3) is 0.0455. The first kappa shape index (κ1) is 19.5. The largest absolute Gasteiger partial charge is 0.497 e. The molecule has 30 heavy (non-hydrogen) atoms. The molecule has 0 spiro atoms. The average molecular weight is 421 g/mol. The van der Waals surface area contributed by atoms with Gasteiger partial charge >= 0.3 is 0 Å². The van der Waals surface area contributed by atoms with Crippen molar-refractivity contribution in [2.24, 2.45) is 0 Å². The lowest BCUT2D eigenvalue weighted by molar-refractivity contribution is 0.0974. The lowest BCUT2D eigenvalue weighted by Gasteiger charge is -2.09. The van der Waals surface area contributed by atoms with Crippen molar-refractivity contribution >= 4 is 40.0 Å². The Morgan fingerprint density at radius 3 is 2.60 bits per heavy atom. The summed E-state index contributed by atoms with van der Waals surface area (Å²) in [6, 6.07) is 18.3. The van der Waals surface area contributed by atoms with E-state index < -0.39 is 11.7 Å². The molecule has 0 aliphatic heterocycles. The van der Waals surface area contributed by atoms with Crippen LogP contribution >= 0.6 is 12.2 Å². The Labute approximate surface area is 176 Å². The lowest BCUT2D eigenvalue weighted by atomic mass is 10.2. The number of rotatable bonds is 4. The molecule has 1 aromatic heterocycles. The van der Waals surface area contributed by atoms with Crippen molar-refractivity contribution < 1.29 is 18.3 Å². The maximum atomic E-state index is 13.7. The van der Waals surface area contributed by atoms with Crippen LogP contribution in [0.2, 0.25) is 0 Å². The van der Waals surface area contributed by atoms with Crippen LogP contribution in [-0.2, 0) is 0 Å². The summed E-state index contributed by atoms with van der Waals surface area (Å²) in [5, 5.41) is 5.40. The third kappa shape index (κ3) is 4.13. The summed E-state index contributed by atoms with van der Waals surface area (Å²) in [7, 11) is 1.60. The monoisotopic (exact) mass is 421 g/mol. The molecular formula is C22H16FN3O3S. The quantitative estimate of drug-likeness (QED) is 0.463. The topological polar surface area (TPSA) is 76.4 Å². The van der Waals surface area contributed by atoms with Gasteiger partial charge in [-0.25, -0.2) is 9.37 Å². The van der Waals surface area contributed by atoms with Crippen LogP contribution < -0.4 is 15.4 Å². The normalized spacial score (nSPS) is 10.6. The zero-order chi connectivity index (χ0) is 21.1. The number of halogens is 1. The van der Waals surface area contributed by atoms with Gasteiger partial charge in [0, 0.05) is 11.3 Å². The van der Waals surface area contributed by atoms with Crippen molar-refractivity contribution in [1.82, 2.24) is 10.3 Å². The van der Waals surface area contributed by atoms with Gasteiger partial charge in [-0.15, -0.1) is 0 Å². The smallest absolute Gasteiger partial charge is 0.260 e. The Bertz CT molecular complexity index is 1240. The van der Waals surface area contributed by atoms with E-state index in [9.17, 15) is 9.18 Å². The molecule has 6 nitrogen and oxygen atoms in total. The number of oxazole rings is 1. The molecule has 0 saturated carbocycles. The number of carbonyl (C=O) groups excluding carboxylic acids is 1. The van der Waals surface area contributed by atoms with Crippen molar-refractivity contribution in [3.8, 4) is 17.2 Å². The number of ether oxygens (including phenoxy) is 1. The molecule has 0 radical (unpaired) electrons. The fourth-order valence-corrected chi connectivity index (χ4v) is 3.05. The molecule has 0 fully saturated rings. The van der Waals surface area contributed by atoms with Gasteiger partial charge in [-0.2, -0.15) is 0 Å². The van der Waals surface area contributed by atoms with E-state index in [1.807, 2.05) is 24.3 Å². The average Bonchev–Trinajstić information content (AvgIpc) is 3.17. The Balaban J connectivity index is 1.48. The van der Waals surface area contributed by atoms with E-state index in [1.54, 1.807) is 31.4 Å². The minimum Gasteiger partial charge on any atom is -0.497 e. The number of hydrogen-bond donors (Lipinski definition) is 2. The number of fused-ring (bicyclic) bond motifs is 1. The molecule has 0 unspecified atom stereocenters. The highest BCUT2D eigenvalue weighted by Crippen LogP contribution is 2.27. The molecule has 0 saturated heterocycles. The summed E-state index contributed by atoms with van der Waals surface area (Å²) in [6.07, 6.45) is 0. The second kappa shape index (κ2) is 8.30. The molecule has 8 heteroatoms. The van der Waals surface area contributed by atoms with Crippen molar-refractivity contribution in [3.63, 3.8) is 0 Å². The molecule has 4 rings (SSSR count). The zero-order valence-corrected chi connectivity index (χ0v) is 16.6. The minimum atomic E-state index is -0.630. The van der Waals surface area contributed by atoms with Gasteiger partial charge in [-0.3, -0.25) is 10.1 Å². The Hall–Kier alpha value is -3.78. The van der Waals surface area contributed by atoms with Crippen molar-refractivity contribution in [1.29, 1.82) is 0 Å². The van der Waals surface area contributed by atoms with Gasteiger partial charge < -0.3 is 14.5 Å². The van der Waals surface area contributed by atoms with Crippen LogP contribution in [0.15, 0.2) is 71.1 Å². The summed E-state index contributed by atoms with van der Waals surface area (Å²) in [4.78, 5) is 16.7. The van der Waals surface area contributed by atoms with E-state index in [0.29, 0.717) is 22.7 Å². The summed E-state index contributed by atoms with van der Waals surface area (Å²) >= 11 is 5.16. The highest BCUT2D eigenvalue weighted by molar-refractivity contribution is 7.80. The fourth-order valence-electron chi connectivity index (χ4n) is 2.84. The van der Waals surface area contributed by atoms with Crippen LogP contribution in [0, 0.1) is 5.82 Å². The summed E-state index contributed by atoms with van der Waals surface area (Å²) in [5.74, 6) is -0.0321. The summed E-state index contributed by atoms with van der Waals surface area (Å²) in [5.41, 5.74) is 2.56. The van der Waals surface area contributed by atoms with Crippen molar-refractivity contribution in [2.75, 3.05) is 12.4 Å². The third-order valence-corrected chi connectivity index (χ3v) is 4.53. The Kier molecular flexibility index (Phi) is 5.40. The molecule has 0 bridgehead atoms. The van der Waals surface area contributed by atoms with Gasteiger partial charge in [0.1, 0.15) is 17.1 Å². The Morgan fingerprint density at radius 1 is 1.10 bits per heavy atom. The maximum Gasteiger partial charge on any atom is 0.260 e. The number of amides is 1. The van der Waals surface area contributed by atoms with Gasteiger partial charge in [0.15, 0.2) is 10.7 Å². The predicted molar refractivity (Wildman–Crippen MR) is 116 cm³/mol. The number of anilines is 1. The van der Waals surface area contributed by atoms with Gasteiger partial charge in [0.25, 0.3) is 5.91 Å². The molecular weight excluding hydrogens is 405 g/mol. The molecule has 0 atom stereocenters. The zero-order valence-electron chi connectivity index (χ0n) is 15.8. The van der Waals surface area contributed by atoms with Crippen LogP contribution in [0.3, 0.4) is 0 Å². The lowest BCUT2D eigenvalue weighted by Crippen LogP contribution is -2.34. The molecule has 4 aromatic rings. The van der Waals surface area contributed by atoms with Crippen LogP contribution in [0.4, 0.5) is 10.1 Å².